The fourth-order valence-electron chi connectivity index (χ4n) is 3.91. The SMILES string of the molecule is CCN(CC)c1ccc(/C=C2/C(=O)NN(c3cccc4ccccc34)C2=O)cc1[N+](=O)[O-]. The highest BCUT2D eigenvalue weighted by molar-refractivity contribution is 6.32. The fraction of sp³-hybridized carbons (Fsp3) is 0.167. The summed E-state index contributed by atoms with van der Waals surface area (Å²) in [6, 6.07) is 17.8. The van der Waals surface area contributed by atoms with E-state index in [0.717, 1.165) is 10.8 Å². The van der Waals surface area contributed by atoms with Crippen LogP contribution in [0.15, 0.2) is 66.2 Å². The molecule has 1 aliphatic rings. The second-order valence-electron chi connectivity index (χ2n) is 7.32. The summed E-state index contributed by atoms with van der Waals surface area (Å²) in [5.74, 6) is -1.07. The van der Waals surface area contributed by atoms with Gasteiger partial charge in [0.05, 0.1) is 10.6 Å². The first-order valence-corrected chi connectivity index (χ1v) is 10.3. The Kier molecular flexibility index (Phi) is 5.59. The summed E-state index contributed by atoms with van der Waals surface area (Å²) in [6.07, 6.45) is 1.39. The molecule has 8 nitrogen and oxygen atoms in total. The van der Waals surface area contributed by atoms with Crippen LogP contribution in [0.3, 0.4) is 0 Å². The summed E-state index contributed by atoms with van der Waals surface area (Å²) >= 11 is 0. The van der Waals surface area contributed by atoms with Crippen LogP contribution in [-0.4, -0.2) is 29.8 Å². The smallest absolute Gasteiger partial charge is 0.293 e. The number of rotatable bonds is 6. The first-order chi connectivity index (χ1) is 15.4. The number of nitro groups is 1. The van der Waals surface area contributed by atoms with Gasteiger partial charge in [-0.25, -0.2) is 5.01 Å². The van der Waals surface area contributed by atoms with Gasteiger partial charge in [0.25, 0.3) is 17.5 Å². The summed E-state index contributed by atoms with van der Waals surface area (Å²) in [6.45, 7) is 5.09. The number of benzene rings is 3. The fourth-order valence-corrected chi connectivity index (χ4v) is 3.91. The van der Waals surface area contributed by atoms with E-state index in [4.69, 9.17) is 0 Å². The number of hydrogen-bond acceptors (Lipinski definition) is 5. The lowest BCUT2D eigenvalue weighted by atomic mass is 10.1. The molecule has 3 aromatic rings. The second-order valence-corrected chi connectivity index (χ2v) is 7.32. The quantitative estimate of drug-likeness (QED) is 0.275. The van der Waals surface area contributed by atoms with Gasteiger partial charge in [-0.3, -0.25) is 25.1 Å². The molecule has 0 spiro atoms. The van der Waals surface area contributed by atoms with Crippen LogP contribution in [0, 0.1) is 10.1 Å². The number of carbonyl (C=O) groups is 2. The summed E-state index contributed by atoms with van der Waals surface area (Å²) in [7, 11) is 0. The van der Waals surface area contributed by atoms with Gasteiger partial charge >= 0.3 is 0 Å². The molecule has 1 fully saturated rings. The molecule has 0 bridgehead atoms. The number of nitrogens with one attached hydrogen (secondary N) is 1. The van der Waals surface area contributed by atoms with Gasteiger partial charge in [0.2, 0.25) is 0 Å². The third kappa shape index (κ3) is 3.66. The van der Waals surface area contributed by atoms with Crippen molar-refractivity contribution in [1.82, 2.24) is 5.43 Å². The Morgan fingerprint density at radius 3 is 2.47 bits per heavy atom. The minimum Gasteiger partial charge on any atom is -0.367 e. The molecule has 1 aliphatic heterocycles. The van der Waals surface area contributed by atoms with Gasteiger partial charge in [0.15, 0.2) is 0 Å². The largest absolute Gasteiger partial charge is 0.367 e. The van der Waals surface area contributed by atoms with Crippen molar-refractivity contribution in [3.63, 3.8) is 0 Å². The van der Waals surface area contributed by atoms with Crippen molar-refractivity contribution in [1.29, 1.82) is 0 Å². The summed E-state index contributed by atoms with van der Waals surface area (Å²) in [5.41, 5.74) is 3.92. The maximum absolute atomic E-state index is 13.1. The molecule has 1 heterocycles. The van der Waals surface area contributed by atoms with Crippen molar-refractivity contribution in [2.24, 2.45) is 0 Å². The zero-order valence-corrected chi connectivity index (χ0v) is 17.7. The summed E-state index contributed by atoms with van der Waals surface area (Å²) in [4.78, 5) is 38.8. The lowest BCUT2D eigenvalue weighted by Gasteiger charge is -2.20. The molecule has 32 heavy (non-hydrogen) atoms. The van der Waals surface area contributed by atoms with Crippen LogP contribution >= 0.6 is 0 Å². The number of nitrogens with zero attached hydrogens (tertiary/aromatic N) is 3. The third-order valence-electron chi connectivity index (χ3n) is 5.51. The highest BCUT2D eigenvalue weighted by Crippen LogP contribution is 2.32. The Balaban J connectivity index is 1.72. The van der Waals surface area contributed by atoms with Gasteiger partial charge in [-0.1, -0.05) is 42.5 Å². The van der Waals surface area contributed by atoms with Gasteiger partial charge in [0.1, 0.15) is 11.3 Å². The third-order valence-corrected chi connectivity index (χ3v) is 5.51. The van der Waals surface area contributed by atoms with Gasteiger partial charge < -0.3 is 4.90 Å². The summed E-state index contributed by atoms with van der Waals surface area (Å²) < 4.78 is 0. The average Bonchev–Trinajstić information content (AvgIpc) is 3.08. The van der Waals surface area contributed by atoms with Crippen molar-refractivity contribution in [3.8, 4) is 0 Å². The molecule has 0 atom stereocenters. The molecule has 8 heteroatoms. The van der Waals surface area contributed by atoms with Gasteiger partial charge in [0, 0.05) is 24.5 Å². The predicted molar refractivity (Wildman–Crippen MR) is 124 cm³/mol. The minimum absolute atomic E-state index is 0.0696. The molecule has 3 aromatic carbocycles. The molecular weight excluding hydrogens is 408 g/mol. The van der Waals surface area contributed by atoms with Crippen LogP contribution in [0.25, 0.3) is 16.8 Å². The van der Waals surface area contributed by atoms with E-state index < -0.39 is 16.7 Å². The molecule has 0 unspecified atom stereocenters. The maximum Gasteiger partial charge on any atom is 0.293 e. The first-order valence-electron chi connectivity index (χ1n) is 10.3. The Morgan fingerprint density at radius 2 is 1.75 bits per heavy atom. The molecule has 0 radical (unpaired) electrons. The molecule has 162 valence electrons. The highest BCUT2D eigenvalue weighted by atomic mass is 16.6. The van der Waals surface area contributed by atoms with Crippen molar-refractivity contribution in [3.05, 3.63) is 81.9 Å². The number of nitro benzene ring substituents is 1. The van der Waals surface area contributed by atoms with Gasteiger partial charge in [-0.15, -0.1) is 0 Å². The Morgan fingerprint density at radius 1 is 1.03 bits per heavy atom. The van der Waals surface area contributed by atoms with E-state index in [-0.39, 0.29) is 11.3 Å². The molecule has 1 saturated heterocycles. The zero-order chi connectivity index (χ0) is 22.8. The number of hydrazine groups is 1. The van der Waals surface area contributed by atoms with Crippen LogP contribution in [-0.2, 0) is 9.59 Å². The highest BCUT2D eigenvalue weighted by Gasteiger charge is 2.35. The second kappa shape index (κ2) is 8.50. The number of carbonyl (C=O) groups excluding carboxylic acids is 2. The molecular formula is C24H22N4O4. The molecule has 0 saturated carbocycles. The van der Waals surface area contributed by atoms with Crippen molar-refractivity contribution in [2.75, 3.05) is 23.0 Å². The van der Waals surface area contributed by atoms with E-state index in [2.05, 4.69) is 5.43 Å². The first kappa shape index (κ1) is 21.0. The van der Waals surface area contributed by atoms with Crippen LogP contribution in [0.1, 0.15) is 19.4 Å². The molecule has 0 aliphatic carbocycles. The molecule has 2 amide bonds. The standard InChI is InChI=1S/C24H22N4O4/c1-3-26(4-2)21-13-12-16(15-22(21)28(31)32)14-19-23(29)25-27(24(19)30)20-11-7-9-17-8-5-6-10-18(17)20/h5-15H,3-4H2,1-2H3,(H,25,29)/b19-14-. The van der Waals surface area contributed by atoms with Crippen molar-refractivity contribution in [2.45, 2.75) is 13.8 Å². The van der Waals surface area contributed by atoms with Crippen molar-refractivity contribution < 1.29 is 14.5 Å². The predicted octanol–water partition coefficient (Wildman–Crippen LogP) is 4.06. The van der Waals surface area contributed by atoms with Crippen LogP contribution in [0.4, 0.5) is 17.1 Å². The number of amides is 2. The maximum atomic E-state index is 13.1. The lowest BCUT2D eigenvalue weighted by molar-refractivity contribution is -0.384. The molecule has 0 aromatic heterocycles. The lowest BCUT2D eigenvalue weighted by Crippen LogP contribution is -2.35. The minimum atomic E-state index is -0.557. The Hall–Kier alpha value is -4.20. The Bertz CT molecular complexity index is 1260. The van der Waals surface area contributed by atoms with E-state index in [0.29, 0.717) is 30.0 Å². The van der Waals surface area contributed by atoms with Crippen LogP contribution in [0.2, 0.25) is 0 Å². The van der Waals surface area contributed by atoms with E-state index in [1.165, 1.54) is 17.2 Å². The van der Waals surface area contributed by atoms with Gasteiger partial charge in [-0.05, 0) is 43.0 Å². The van der Waals surface area contributed by atoms with Crippen molar-refractivity contribution >= 4 is 45.7 Å². The van der Waals surface area contributed by atoms with E-state index in [9.17, 15) is 19.7 Å². The number of anilines is 2. The normalized spacial score (nSPS) is 14.8. The van der Waals surface area contributed by atoms with E-state index >= 15 is 0 Å². The van der Waals surface area contributed by atoms with Gasteiger partial charge in [-0.2, -0.15) is 0 Å². The topological polar surface area (TPSA) is 95.8 Å². The van der Waals surface area contributed by atoms with Crippen LogP contribution in [0.5, 0.6) is 0 Å². The van der Waals surface area contributed by atoms with Crippen LogP contribution < -0.4 is 15.3 Å². The molecule has 1 N–H and O–H groups in total. The zero-order valence-electron chi connectivity index (χ0n) is 17.7. The number of fused-ring (bicyclic) bond motifs is 1. The van der Waals surface area contributed by atoms with E-state index in [1.807, 2.05) is 55.1 Å². The average molecular weight is 430 g/mol. The monoisotopic (exact) mass is 430 g/mol. The number of hydrogen-bond donors (Lipinski definition) is 1. The van der Waals surface area contributed by atoms with E-state index in [1.54, 1.807) is 18.2 Å². The Labute approximate surface area is 184 Å². The molecule has 4 rings (SSSR count). The summed E-state index contributed by atoms with van der Waals surface area (Å²) in [5, 5.41) is 14.6.